The molecule has 0 aliphatic rings. The Morgan fingerprint density at radius 1 is 1.53 bits per heavy atom. The maximum atomic E-state index is 10.8. The van der Waals surface area contributed by atoms with Gasteiger partial charge < -0.3 is 10.4 Å². The number of aliphatic carboxylic acids is 1. The molecule has 0 aromatic carbocycles. The highest BCUT2D eigenvalue weighted by Gasteiger charge is 2.14. The van der Waals surface area contributed by atoms with Crippen LogP contribution >= 0.6 is 0 Å². The van der Waals surface area contributed by atoms with Crippen molar-refractivity contribution < 1.29 is 9.90 Å². The molecule has 0 saturated carbocycles. The molecule has 0 saturated heterocycles. The van der Waals surface area contributed by atoms with Gasteiger partial charge in [0.15, 0.2) is 0 Å². The summed E-state index contributed by atoms with van der Waals surface area (Å²) in [6.45, 7) is 4.06. The lowest BCUT2D eigenvalue weighted by atomic mass is 10.1. The third-order valence-corrected chi connectivity index (χ3v) is 2.24. The number of hydrogen-bond donors (Lipinski definition) is 2. The van der Waals surface area contributed by atoms with Crippen molar-refractivity contribution in [3.8, 4) is 0 Å². The second kappa shape index (κ2) is 5.29. The van der Waals surface area contributed by atoms with E-state index in [1.54, 1.807) is 12.4 Å². The summed E-state index contributed by atoms with van der Waals surface area (Å²) >= 11 is 0. The van der Waals surface area contributed by atoms with Crippen LogP contribution in [0.4, 0.5) is 5.82 Å². The minimum atomic E-state index is -0.786. The molecule has 0 amide bonds. The van der Waals surface area contributed by atoms with Crippen molar-refractivity contribution in [1.29, 1.82) is 0 Å². The Balaban J connectivity index is 2.56. The summed E-state index contributed by atoms with van der Waals surface area (Å²) in [6, 6.07) is 0. The zero-order valence-corrected chi connectivity index (χ0v) is 8.90. The van der Waals surface area contributed by atoms with Crippen molar-refractivity contribution in [2.75, 3.05) is 11.9 Å². The molecule has 0 fully saturated rings. The van der Waals surface area contributed by atoms with Crippen molar-refractivity contribution in [3.63, 3.8) is 0 Å². The first-order valence-corrected chi connectivity index (χ1v) is 4.89. The largest absolute Gasteiger partial charge is 0.481 e. The molecular formula is C10H15N3O2. The summed E-state index contributed by atoms with van der Waals surface area (Å²) in [6.07, 6.45) is 3.79. The molecular weight excluding hydrogens is 194 g/mol. The zero-order valence-electron chi connectivity index (χ0n) is 8.90. The Bertz CT molecular complexity index is 341. The van der Waals surface area contributed by atoms with Crippen molar-refractivity contribution in [1.82, 2.24) is 9.97 Å². The van der Waals surface area contributed by atoms with Gasteiger partial charge in [-0.1, -0.05) is 6.92 Å². The Hall–Kier alpha value is -1.65. The van der Waals surface area contributed by atoms with Crippen LogP contribution < -0.4 is 5.32 Å². The SMILES string of the molecule is CCC(CNc1nccnc1C)C(=O)O. The molecule has 1 heterocycles. The quantitative estimate of drug-likeness (QED) is 0.764. The average Bonchev–Trinajstić information content (AvgIpc) is 2.21. The van der Waals surface area contributed by atoms with Gasteiger partial charge in [0.2, 0.25) is 0 Å². The summed E-state index contributed by atoms with van der Waals surface area (Å²) in [7, 11) is 0. The molecule has 82 valence electrons. The number of carbonyl (C=O) groups is 1. The highest BCUT2D eigenvalue weighted by atomic mass is 16.4. The predicted molar refractivity (Wildman–Crippen MR) is 56.7 cm³/mol. The molecule has 1 unspecified atom stereocenters. The van der Waals surface area contributed by atoms with E-state index in [-0.39, 0.29) is 5.92 Å². The van der Waals surface area contributed by atoms with Crippen LogP contribution in [0, 0.1) is 12.8 Å². The van der Waals surface area contributed by atoms with Crippen molar-refractivity contribution in [2.24, 2.45) is 5.92 Å². The minimum Gasteiger partial charge on any atom is -0.481 e. The maximum absolute atomic E-state index is 10.8. The Morgan fingerprint density at radius 3 is 2.73 bits per heavy atom. The van der Waals surface area contributed by atoms with E-state index in [9.17, 15) is 4.79 Å². The number of aromatic nitrogens is 2. The molecule has 15 heavy (non-hydrogen) atoms. The van der Waals surface area contributed by atoms with Crippen molar-refractivity contribution in [2.45, 2.75) is 20.3 Å². The standard InChI is InChI=1S/C10H15N3O2/c1-3-8(10(14)15)6-13-9-7(2)11-4-5-12-9/h4-5,8H,3,6H2,1-2H3,(H,12,13)(H,14,15). The number of hydrogen-bond acceptors (Lipinski definition) is 4. The maximum Gasteiger partial charge on any atom is 0.308 e. The second-order valence-corrected chi connectivity index (χ2v) is 3.31. The van der Waals surface area contributed by atoms with Gasteiger partial charge in [-0.2, -0.15) is 0 Å². The first kappa shape index (κ1) is 11.4. The van der Waals surface area contributed by atoms with Crippen LogP contribution in [-0.2, 0) is 4.79 Å². The number of nitrogens with zero attached hydrogens (tertiary/aromatic N) is 2. The fourth-order valence-electron chi connectivity index (χ4n) is 1.21. The summed E-state index contributed by atoms with van der Waals surface area (Å²) in [5.41, 5.74) is 0.776. The number of nitrogens with one attached hydrogen (secondary N) is 1. The molecule has 1 atom stereocenters. The molecule has 0 spiro atoms. The fourth-order valence-corrected chi connectivity index (χ4v) is 1.21. The zero-order chi connectivity index (χ0) is 11.3. The van der Waals surface area contributed by atoms with Crippen LogP contribution in [0.3, 0.4) is 0 Å². The van der Waals surface area contributed by atoms with E-state index < -0.39 is 5.97 Å². The van der Waals surface area contributed by atoms with Gasteiger partial charge in [0, 0.05) is 18.9 Å². The third kappa shape index (κ3) is 3.19. The van der Waals surface area contributed by atoms with Gasteiger partial charge in [-0.15, -0.1) is 0 Å². The van der Waals surface area contributed by atoms with Gasteiger partial charge in [-0.25, -0.2) is 4.98 Å². The number of rotatable bonds is 5. The Labute approximate surface area is 88.6 Å². The van der Waals surface area contributed by atoms with Gasteiger partial charge in [-0.05, 0) is 13.3 Å². The smallest absolute Gasteiger partial charge is 0.308 e. The lowest BCUT2D eigenvalue weighted by molar-refractivity contribution is -0.141. The normalized spacial score (nSPS) is 12.1. The molecule has 5 nitrogen and oxygen atoms in total. The van der Waals surface area contributed by atoms with E-state index in [0.29, 0.717) is 18.8 Å². The Morgan fingerprint density at radius 2 is 2.20 bits per heavy atom. The van der Waals surface area contributed by atoms with Crippen LogP contribution in [-0.4, -0.2) is 27.6 Å². The van der Waals surface area contributed by atoms with Gasteiger partial charge in [0.25, 0.3) is 0 Å². The van der Waals surface area contributed by atoms with E-state index in [1.165, 1.54) is 0 Å². The highest BCUT2D eigenvalue weighted by molar-refractivity contribution is 5.70. The molecule has 0 aliphatic heterocycles. The van der Waals surface area contributed by atoms with Crippen LogP contribution in [0.15, 0.2) is 12.4 Å². The molecule has 1 rings (SSSR count). The van der Waals surface area contributed by atoms with Gasteiger partial charge in [-0.3, -0.25) is 9.78 Å². The number of aryl methyl sites for hydroxylation is 1. The van der Waals surface area contributed by atoms with Crippen molar-refractivity contribution >= 4 is 11.8 Å². The summed E-state index contributed by atoms with van der Waals surface area (Å²) in [4.78, 5) is 18.9. The van der Waals surface area contributed by atoms with E-state index >= 15 is 0 Å². The fraction of sp³-hybridized carbons (Fsp3) is 0.500. The average molecular weight is 209 g/mol. The van der Waals surface area contributed by atoms with E-state index in [2.05, 4.69) is 15.3 Å². The molecule has 2 N–H and O–H groups in total. The summed E-state index contributed by atoms with van der Waals surface area (Å²) in [5.74, 6) is -0.518. The molecule has 0 aliphatic carbocycles. The van der Waals surface area contributed by atoms with Crippen LogP contribution in [0.1, 0.15) is 19.0 Å². The first-order chi connectivity index (χ1) is 7.15. The van der Waals surface area contributed by atoms with Crippen LogP contribution in [0.2, 0.25) is 0 Å². The number of carboxylic acids is 1. The highest BCUT2D eigenvalue weighted by Crippen LogP contribution is 2.09. The van der Waals surface area contributed by atoms with Crippen LogP contribution in [0.5, 0.6) is 0 Å². The second-order valence-electron chi connectivity index (χ2n) is 3.31. The number of carboxylic acid groups (broad SMARTS) is 1. The summed E-state index contributed by atoms with van der Waals surface area (Å²) < 4.78 is 0. The molecule has 0 bridgehead atoms. The minimum absolute atomic E-state index is 0.380. The monoisotopic (exact) mass is 209 g/mol. The first-order valence-electron chi connectivity index (χ1n) is 4.89. The number of anilines is 1. The van der Waals surface area contributed by atoms with Gasteiger partial charge >= 0.3 is 5.97 Å². The van der Waals surface area contributed by atoms with E-state index in [0.717, 1.165) is 5.69 Å². The lowest BCUT2D eigenvalue weighted by Gasteiger charge is -2.12. The van der Waals surface area contributed by atoms with Gasteiger partial charge in [0.05, 0.1) is 11.6 Å². The Kier molecular flexibility index (Phi) is 4.03. The third-order valence-electron chi connectivity index (χ3n) is 2.24. The van der Waals surface area contributed by atoms with Crippen LogP contribution in [0.25, 0.3) is 0 Å². The molecule has 0 radical (unpaired) electrons. The molecule has 1 aromatic heterocycles. The van der Waals surface area contributed by atoms with Crippen molar-refractivity contribution in [3.05, 3.63) is 18.1 Å². The van der Waals surface area contributed by atoms with Gasteiger partial charge in [0.1, 0.15) is 5.82 Å². The molecule has 5 heteroatoms. The lowest BCUT2D eigenvalue weighted by Crippen LogP contribution is -2.22. The predicted octanol–water partition coefficient (Wildman–Crippen LogP) is 1.31. The van der Waals surface area contributed by atoms with E-state index in [4.69, 9.17) is 5.11 Å². The summed E-state index contributed by atoms with van der Waals surface area (Å²) in [5, 5.41) is 11.8. The molecule has 1 aromatic rings. The topological polar surface area (TPSA) is 75.1 Å². The van der Waals surface area contributed by atoms with E-state index in [1.807, 2.05) is 13.8 Å².